The van der Waals surface area contributed by atoms with E-state index in [4.69, 9.17) is 5.73 Å². The number of nitrogens with two attached hydrogens (primary N) is 1. The number of nitrogens with one attached hydrogen (secondary N) is 1. The Morgan fingerprint density at radius 2 is 2.44 bits per heavy atom. The van der Waals surface area contributed by atoms with Crippen LogP contribution in [0.5, 0.6) is 0 Å². The van der Waals surface area contributed by atoms with Crippen LogP contribution < -0.4 is 11.1 Å². The minimum Gasteiger partial charge on any atom is -0.323 e. The van der Waals surface area contributed by atoms with E-state index in [9.17, 15) is 0 Å². The number of rotatable bonds is 4. The van der Waals surface area contributed by atoms with E-state index in [0.717, 1.165) is 18.0 Å². The molecule has 0 aliphatic heterocycles. The van der Waals surface area contributed by atoms with E-state index in [0.29, 0.717) is 6.04 Å². The summed E-state index contributed by atoms with van der Waals surface area (Å²) in [5, 5.41) is 7.70. The molecule has 0 saturated heterocycles. The van der Waals surface area contributed by atoms with E-state index in [-0.39, 0.29) is 6.04 Å². The quantitative estimate of drug-likeness (QED) is 0.805. The minimum atomic E-state index is 0.0598. The third kappa shape index (κ3) is 2.83. The van der Waals surface area contributed by atoms with Crippen LogP contribution in [0.2, 0.25) is 0 Å². The van der Waals surface area contributed by atoms with Gasteiger partial charge in [0, 0.05) is 37.4 Å². The first kappa shape index (κ1) is 11.6. The van der Waals surface area contributed by atoms with Gasteiger partial charge in [-0.2, -0.15) is 5.10 Å². The molecule has 3 unspecified atom stereocenters. The Kier molecular flexibility index (Phi) is 3.61. The Balaban J connectivity index is 1.77. The van der Waals surface area contributed by atoms with Crippen LogP contribution in [0, 0.1) is 5.92 Å². The summed E-state index contributed by atoms with van der Waals surface area (Å²) in [6, 6.07) is 0.724. The Morgan fingerprint density at radius 1 is 1.62 bits per heavy atom. The summed E-state index contributed by atoms with van der Waals surface area (Å²) in [5.74, 6) is 0.868. The molecule has 0 amide bonds. The molecule has 1 aliphatic rings. The van der Waals surface area contributed by atoms with Crippen molar-refractivity contribution in [3.05, 3.63) is 18.0 Å². The maximum Gasteiger partial charge on any atom is 0.0537 e. The van der Waals surface area contributed by atoms with Gasteiger partial charge in [-0.1, -0.05) is 6.92 Å². The van der Waals surface area contributed by atoms with E-state index in [1.165, 1.54) is 19.3 Å². The van der Waals surface area contributed by atoms with Crippen molar-refractivity contribution in [1.29, 1.82) is 0 Å². The molecular formula is C12H22N4. The largest absolute Gasteiger partial charge is 0.323 e. The number of hydrogen-bond acceptors (Lipinski definition) is 3. The molecule has 0 bridgehead atoms. The normalized spacial score (nSPS) is 27.2. The smallest absolute Gasteiger partial charge is 0.0537 e. The van der Waals surface area contributed by atoms with Crippen molar-refractivity contribution in [1.82, 2.24) is 15.1 Å². The van der Waals surface area contributed by atoms with Crippen LogP contribution in [-0.2, 0) is 7.05 Å². The van der Waals surface area contributed by atoms with Crippen LogP contribution in [0.3, 0.4) is 0 Å². The number of nitrogens with zero attached hydrogens (tertiary/aromatic N) is 2. The molecule has 0 aromatic carbocycles. The Morgan fingerprint density at radius 3 is 3.00 bits per heavy atom. The highest BCUT2D eigenvalue weighted by Crippen LogP contribution is 2.24. The first-order valence-corrected chi connectivity index (χ1v) is 6.12. The zero-order valence-electron chi connectivity index (χ0n) is 10.2. The summed E-state index contributed by atoms with van der Waals surface area (Å²) in [5.41, 5.74) is 7.22. The standard InChI is InChI=1S/C12H22N4/c1-9-3-4-11(5-9)14-7-12(13)10-6-15-16(2)8-10/h6,8-9,11-12,14H,3-5,7,13H2,1-2H3. The number of aryl methyl sites for hydroxylation is 1. The van der Waals surface area contributed by atoms with Crippen molar-refractivity contribution in [3.63, 3.8) is 0 Å². The average Bonchev–Trinajstić information content (AvgIpc) is 2.84. The molecule has 4 heteroatoms. The second kappa shape index (κ2) is 4.97. The topological polar surface area (TPSA) is 55.9 Å². The van der Waals surface area contributed by atoms with E-state index >= 15 is 0 Å². The summed E-state index contributed by atoms with van der Waals surface area (Å²) < 4.78 is 1.80. The number of hydrogen-bond donors (Lipinski definition) is 2. The molecular weight excluding hydrogens is 200 g/mol. The average molecular weight is 222 g/mol. The summed E-state index contributed by atoms with van der Waals surface area (Å²) >= 11 is 0. The molecule has 0 radical (unpaired) electrons. The second-order valence-corrected chi connectivity index (χ2v) is 5.08. The molecule has 4 nitrogen and oxygen atoms in total. The van der Waals surface area contributed by atoms with Crippen molar-refractivity contribution in [2.45, 2.75) is 38.3 Å². The lowest BCUT2D eigenvalue weighted by atomic mass is 10.1. The molecule has 1 aromatic heterocycles. The molecule has 1 aliphatic carbocycles. The lowest BCUT2D eigenvalue weighted by molar-refractivity contribution is 0.478. The predicted molar refractivity (Wildman–Crippen MR) is 64.9 cm³/mol. The third-order valence-electron chi connectivity index (χ3n) is 3.47. The van der Waals surface area contributed by atoms with Gasteiger partial charge in [0.15, 0.2) is 0 Å². The Hall–Kier alpha value is -0.870. The van der Waals surface area contributed by atoms with Crippen molar-refractivity contribution in [3.8, 4) is 0 Å². The highest BCUT2D eigenvalue weighted by molar-refractivity contribution is 5.10. The van der Waals surface area contributed by atoms with Crippen LogP contribution in [-0.4, -0.2) is 22.4 Å². The summed E-state index contributed by atoms with van der Waals surface area (Å²) in [6.07, 6.45) is 7.77. The van der Waals surface area contributed by atoms with Gasteiger partial charge in [0.05, 0.1) is 6.20 Å². The van der Waals surface area contributed by atoms with Crippen LogP contribution >= 0.6 is 0 Å². The zero-order valence-corrected chi connectivity index (χ0v) is 10.2. The fraction of sp³-hybridized carbons (Fsp3) is 0.750. The lowest BCUT2D eigenvalue weighted by Gasteiger charge is -2.16. The van der Waals surface area contributed by atoms with E-state index < -0.39 is 0 Å². The predicted octanol–water partition coefficient (Wildman–Crippen LogP) is 1.20. The van der Waals surface area contributed by atoms with Gasteiger partial charge in [-0.3, -0.25) is 4.68 Å². The Bertz CT molecular complexity index is 334. The molecule has 1 aromatic rings. The summed E-state index contributed by atoms with van der Waals surface area (Å²) in [7, 11) is 1.92. The van der Waals surface area contributed by atoms with E-state index in [1.807, 2.05) is 19.4 Å². The third-order valence-corrected chi connectivity index (χ3v) is 3.47. The minimum absolute atomic E-state index is 0.0598. The van der Waals surface area contributed by atoms with E-state index in [2.05, 4.69) is 17.3 Å². The van der Waals surface area contributed by atoms with Crippen LogP contribution in [0.15, 0.2) is 12.4 Å². The van der Waals surface area contributed by atoms with Crippen molar-refractivity contribution >= 4 is 0 Å². The first-order valence-electron chi connectivity index (χ1n) is 6.12. The molecule has 0 spiro atoms. The van der Waals surface area contributed by atoms with Gasteiger partial charge in [0.25, 0.3) is 0 Å². The van der Waals surface area contributed by atoms with Crippen molar-refractivity contribution in [2.24, 2.45) is 18.7 Å². The summed E-state index contributed by atoms with van der Waals surface area (Å²) in [6.45, 7) is 3.17. The van der Waals surface area contributed by atoms with Crippen LogP contribution in [0.4, 0.5) is 0 Å². The van der Waals surface area contributed by atoms with Gasteiger partial charge in [-0.25, -0.2) is 0 Å². The van der Waals surface area contributed by atoms with E-state index in [1.54, 1.807) is 4.68 Å². The molecule has 2 rings (SSSR count). The van der Waals surface area contributed by atoms with Gasteiger partial charge in [-0.05, 0) is 25.2 Å². The van der Waals surface area contributed by atoms with Gasteiger partial charge in [-0.15, -0.1) is 0 Å². The van der Waals surface area contributed by atoms with Gasteiger partial charge in [0.1, 0.15) is 0 Å². The fourth-order valence-corrected chi connectivity index (χ4v) is 2.44. The van der Waals surface area contributed by atoms with Crippen LogP contribution in [0.1, 0.15) is 37.8 Å². The molecule has 1 heterocycles. The molecule has 1 saturated carbocycles. The molecule has 1 fully saturated rings. The zero-order chi connectivity index (χ0) is 11.5. The second-order valence-electron chi connectivity index (χ2n) is 5.08. The fourth-order valence-electron chi connectivity index (χ4n) is 2.44. The van der Waals surface area contributed by atoms with Crippen LogP contribution in [0.25, 0.3) is 0 Å². The summed E-state index contributed by atoms with van der Waals surface area (Å²) in [4.78, 5) is 0. The molecule has 3 N–H and O–H groups in total. The highest BCUT2D eigenvalue weighted by atomic mass is 15.2. The van der Waals surface area contributed by atoms with Gasteiger partial charge >= 0.3 is 0 Å². The first-order chi connectivity index (χ1) is 7.65. The molecule has 16 heavy (non-hydrogen) atoms. The molecule has 90 valence electrons. The van der Waals surface area contributed by atoms with Gasteiger partial charge < -0.3 is 11.1 Å². The van der Waals surface area contributed by atoms with Crippen molar-refractivity contribution < 1.29 is 0 Å². The lowest BCUT2D eigenvalue weighted by Crippen LogP contribution is -2.33. The Labute approximate surface area is 97.2 Å². The van der Waals surface area contributed by atoms with Gasteiger partial charge in [0.2, 0.25) is 0 Å². The number of aromatic nitrogens is 2. The maximum atomic E-state index is 6.11. The highest BCUT2D eigenvalue weighted by Gasteiger charge is 2.21. The van der Waals surface area contributed by atoms with Crippen molar-refractivity contribution in [2.75, 3.05) is 6.54 Å². The SMILES string of the molecule is CC1CCC(NCC(N)c2cnn(C)c2)C1. The monoisotopic (exact) mass is 222 g/mol. The molecule has 3 atom stereocenters. The maximum absolute atomic E-state index is 6.11.